The molecule has 0 aliphatic rings. The maximum Gasteiger partial charge on any atom is 0.239 e. The van der Waals surface area contributed by atoms with Gasteiger partial charge < -0.3 is 15.4 Å². The van der Waals surface area contributed by atoms with Crippen LogP contribution in [-0.4, -0.2) is 23.7 Å². The lowest BCUT2D eigenvalue weighted by molar-refractivity contribution is 0.125. The van der Waals surface area contributed by atoms with Gasteiger partial charge in [0.05, 0.1) is 18.2 Å². The zero-order chi connectivity index (χ0) is 14.6. The summed E-state index contributed by atoms with van der Waals surface area (Å²) in [6, 6.07) is 5.85. The van der Waals surface area contributed by atoms with Gasteiger partial charge >= 0.3 is 0 Å². The first-order valence-corrected chi connectivity index (χ1v) is 6.30. The first-order valence-electron chi connectivity index (χ1n) is 6.30. The van der Waals surface area contributed by atoms with Gasteiger partial charge in [-0.05, 0) is 39.8 Å². The van der Waals surface area contributed by atoms with E-state index in [1.54, 1.807) is 6.07 Å². The van der Waals surface area contributed by atoms with E-state index in [4.69, 9.17) is 15.7 Å². The molecule has 1 atom stereocenters. The number of nitrogens with zero attached hydrogens (tertiary/aromatic N) is 3. The van der Waals surface area contributed by atoms with Crippen LogP contribution in [0, 0.1) is 11.3 Å². The van der Waals surface area contributed by atoms with Crippen LogP contribution in [0.2, 0.25) is 0 Å². The number of nitrogen functional groups attached to an aromatic ring is 1. The molecule has 5 heteroatoms. The maximum atomic E-state index is 8.74. The third kappa shape index (κ3) is 4.32. The molecule has 19 heavy (non-hydrogen) atoms. The lowest BCUT2D eigenvalue weighted by atomic mass is 10.2. The van der Waals surface area contributed by atoms with Gasteiger partial charge in [-0.15, -0.1) is 0 Å². The third-order valence-electron chi connectivity index (χ3n) is 2.69. The van der Waals surface area contributed by atoms with E-state index in [0.717, 1.165) is 5.82 Å². The van der Waals surface area contributed by atoms with Crippen molar-refractivity contribution in [3.8, 4) is 11.9 Å². The molecule has 0 aliphatic heterocycles. The molecule has 1 aromatic rings. The van der Waals surface area contributed by atoms with Crippen molar-refractivity contribution >= 4 is 11.5 Å². The molecule has 0 fully saturated rings. The summed E-state index contributed by atoms with van der Waals surface area (Å²) in [7, 11) is 1.90. The Hall–Kier alpha value is -1.96. The zero-order valence-electron chi connectivity index (χ0n) is 12.3. The molecule has 0 saturated heterocycles. The molecule has 2 N–H and O–H groups in total. The van der Waals surface area contributed by atoms with Crippen LogP contribution in [0.5, 0.6) is 5.88 Å². The predicted molar refractivity (Wildman–Crippen MR) is 77.1 cm³/mol. The minimum Gasteiger partial charge on any atom is -0.470 e. The number of pyridine rings is 1. The van der Waals surface area contributed by atoms with Gasteiger partial charge in [0.25, 0.3) is 0 Å². The molecular weight excluding hydrogens is 240 g/mol. The molecule has 0 aliphatic carbocycles. The Bertz CT molecular complexity index is 473. The fourth-order valence-electron chi connectivity index (χ4n) is 1.50. The van der Waals surface area contributed by atoms with Crippen molar-refractivity contribution in [2.75, 3.05) is 17.7 Å². The molecule has 0 amide bonds. The van der Waals surface area contributed by atoms with Gasteiger partial charge in [-0.2, -0.15) is 10.2 Å². The number of nitriles is 1. The highest BCUT2D eigenvalue weighted by molar-refractivity contribution is 5.54. The lowest BCUT2D eigenvalue weighted by Gasteiger charge is -2.26. The van der Waals surface area contributed by atoms with Gasteiger partial charge in [0, 0.05) is 13.1 Å². The van der Waals surface area contributed by atoms with E-state index in [1.165, 1.54) is 0 Å². The van der Waals surface area contributed by atoms with Crippen LogP contribution in [0.25, 0.3) is 0 Å². The molecule has 104 valence electrons. The summed E-state index contributed by atoms with van der Waals surface area (Å²) in [4.78, 5) is 6.37. The lowest BCUT2D eigenvalue weighted by Crippen LogP contribution is -2.30. The Balaban J connectivity index is 2.99. The first-order chi connectivity index (χ1) is 8.74. The number of hydrogen-bond donors (Lipinski definition) is 1. The topological polar surface area (TPSA) is 75.2 Å². The number of hydrogen-bond acceptors (Lipinski definition) is 5. The van der Waals surface area contributed by atoms with Gasteiger partial charge in [0.2, 0.25) is 5.88 Å². The van der Waals surface area contributed by atoms with Crippen molar-refractivity contribution in [3.05, 3.63) is 12.1 Å². The third-order valence-corrected chi connectivity index (χ3v) is 2.69. The van der Waals surface area contributed by atoms with Crippen LogP contribution in [0.3, 0.4) is 0 Å². The van der Waals surface area contributed by atoms with Crippen LogP contribution in [-0.2, 0) is 0 Å². The van der Waals surface area contributed by atoms with E-state index in [2.05, 4.69) is 11.1 Å². The van der Waals surface area contributed by atoms with E-state index in [0.29, 0.717) is 18.0 Å². The fourth-order valence-corrected chi connectivity index (χ4v) is 1.50. The second-order valence-corrected chi connectivity index (χ2v) is 5.60. The monoisotopic (exact) mass is 262 g/mol. The van der Waals surface area contributed by atoms with E-state index < -0.39 is 0 Å². The van der Waals surface area contributed by atoms with E-state index in [-0.39, 0.29) is 11.6 Å². The molecular formula is C14H22N4O. The summed E-state index contributed by atoms with van der Waals surface area (Å²) in [5.41, 5.74) is 6.04. The van der Waals surface area contributed by atoms with Gasteiger partial charge in [-0.1, -0.05) is 0 Å². The second kappa shape index (κ2) is 5.79. The van der Waals surface area contributed by atoms with E-state index in [9.17, 15) is 0 Å². The highest BCUT2D eigenvalue weighted by atomic mass is 16.5. The number of nitrogens with two attached hydrogens (primary N) is 1. The summed E-state index contributed by atoms with van der Waals surface area (Å²) >= 11 is 0. The largest absolute Gasteiger partial charge is 0.470 e. The van der Waals surface area contributed by atoms with E-state index in [1.807, 2.05) is 45.7 Å². The number of rotatable bonds is 4. The molecule has 5 nitrogen and oxygen atoms in total. The van der Waals surface area contributed by atoms with Gasteiger partial charge in [0.15, 0.2) is 0 Å². The maximum absolute atomic E-state index is 8.74. The Labute approximate surface area is 115 Å². The quantitative estimate of drug-likeness (QED) is 0.902. The SMILES string of the molecule is CC(CC#N)N(C)c1ccc(N)c(OC(C)(C)C)n1. The Morgan fingerprint density at radius 3 is 2.63 bits per heavy atom. The summed E-state index contributed by atoms with van der Waals surface area (Å²) in [6.07, 6.45) is 0.442. The van der Waals surface area contributed by atoms with Gasteiger partial charge in [-0.25, -0.2) is 0 Å². The molecule has 0 radical (unpaired) electrons. The first kappa shape index (κ1) is 15.1. The minimum atomic E-state index is -0.351. The molecule has 0 bridgehead atoms. The van der Waals surface area contributed by atoms with Crippen molar-refractivity contribution < 1.29 is 4.74 Å². The predicted octanol–water partition coefficient (Wildman–Crippen LogP) is 2.58. The van der Waals surface area contributed by atoms with Crippen LogP contribution >= 0.6 is 0 Å². The second-order valence-electron chi connectivity index (χ2n) is 5.60. The highest BCUT2D eigenvalue weighted by Crippen LogP contribution is 2.26. The molecule has 0 aromatic carbocycles. The molecule has 0 spiro atoms. The van der Waals surface area contributed by atoms with Crippen molar-refractivity contribution in [2.45, 2.75) is 45.8 Å². The molecule has 1 heterocycles. The average molecular weight is 262 g/mol. The fraction of sp³-hybridized carbons (Fsp3) is 0.571. The van der Waals surface area contributed by atoms with Crippen molar-refractivity contribution in [2.24, 2.45) is 0 Å². The molecule has 0 saturated carbocycles. The minimum absolute atomic E-state index is 0.0867. The van der Waals surface area contributed by atoms with Gasteiger partial charge in [0.1, 0.15) is 11.4 Å². The Morgan fingerprint density at radius 2 is 2.11 bits per heavy atom. The number of anilines is 2. The summed E-state index contributed by atoms with van der Waals surface area (Å²) in [5, 5.41) is 8.74. The Morgan fingerprint density at radius 1 is 1.47 bits per heavy atom. The normalized spacial score (nSPS) is 12.6. The number of aromatic nitrogens is 1. The van der Waals surface area contributed by atoms with Crippen LogP contribution in [0.15, 0.2) is 12.1 Å². The molecule has 1 rings (SSSR count). The van der Waals surface area contributed by atoms with Gasteiger partial charge in [-0.3, -0.25) is 0 Å². The van der Waals surface area contributed by atoms with E-state index >= 15 is 0 Å². The van der Waals surface area contributed by atoms with Crippen LogP contribution < -0.4 is 15.4 Å². The van der Waals surface area contributed by atoms with Crippen LogP contribution in [0.1, 0.15) is 34.1 Å². The summed E-state index contributed by atoms with van der Waals surface area (Å²) in [5.74, 6) is 1.18. The molecule has 1 aromatic heterocycles. The smallest absolute Gasteiger partial charge is 0.239 e. The van der Waals surface area contributed by atoms with Crippen molar-refractivity contribution in [1.82, 2.24) is 4.98 Å². The molecule has 1 unspecified atom stereocenters. The zero-order valence-corrected chi connectivity index (χ0v) is 12.3. The number of ether oxygens (including phenoxy) is 1. The summed E-state index contributed by atoms with van der Waals surface area (Å²) in [6.45, 7) is 7.82. The van der Waals surface area contributed by atoms with Crippen molar-refractivity contribution in [3.63, 3.8) is 0 Å². The standard InChI is InChI=1S/C14H22N4O/c1-10(8-9-15)18(5)12-7-6-11(16)13(17-12)19-14(2,3)4/h6-7,10H,8,16H2,1-5H3. The summed E-state index contributed by atoms with van der Waals surface area (Å²) < 4.78 is 5.74. The highest BCUT2D eigenvalue weighted by Gasteiger charge is 2.17. The average Bonchev–Trinajstić information content (AvgIpc) is 2.29. The van der Waals surface area contributed by atoms with Crippen LogP contribution in [0.4, 0.5) is 11.5 Å². The Kier molecular flexibility index (Phi) is 4.60. The van der Waals surface area contributed by atoms with Crippen molar-refractivity contribution in [1.29, 1.82) is 5.26 Å².